The van der Waals surface area contributed by atoms with Gasteiger partial charge in [-0.05, 0) is 36.6 Å². The molecule has 1 saturated heterocycles. The third kappa shape index (κ3) is 3.20. The van der Waals surface area contributed by atoms with E-state index in [-0.39, 0.29) is 11.9 Å². The maximum absolute atomic E-state index is 12.9. The Balaban J connectivity index is 1.50. The molecule has 0 radical (unpaired) electrons. The molecule has 6 nitrogen and oxygen atoms in total. The van der Waals surface area contributed by atoms with Crippen molar-refractivity contribution in [2.45, 2.75) is 25.4 Å². The molecule has 0 aliphatic carbocycles. The Morgan fingerprint density at radius 3 is 2.76 bits per heavy atom. The molecule has 1 aliphatic rings. The van der Waals surface area contributed by atoms with E-state index in [2.05, 4.69) is 10.2 Å². The van der Waals surface area contributed by atoms with Crippen molar-refractivity contribution in [2.24, 2.45) is 7.05 Å². The number of nitrogens with zero attached hydrogens (tertiary/aromatic N) is 5. The van der Waals surface area contributed by atoms with Gasteiger partial charge in [0.05, 0.1) is 18.8 Å². The monoisotopic (exact) mass is 335 g/mol. The summed E-state index contributed by atoms with van der Waals surface area (Å²) in [6, 6.07) is 9.88. The molecule has 3 heterocycles. The average molecular weight is 335 g/mol. The number of aryl methyl sites for hydroxylation is 1. The predicted molar refractivity (Wildman–Crippen MR) is 94.0 cm³/mol. The van der Waals surface area contributed by atoms with Gasteiger partial charge in [0.25, 0.3) is 5.91 Å². The summed E-state index contributed by atoms with van der Waals surface area (Å²) in [5.41, 5.74) is 2.98. The number of rotatable bonds is 4. The van der Waals surface area contributed by atoms with Crippen LogP contribution in [0.2, 0.25) is 0 Å². The van der Waals surface area contributed by atoms with Gasteiger partial charge in [0, 0.05) is 43.3 Å². The molecule has 1 fully saturated rings. The molecule has 4 rings (SSSR count). The minimum absolute atomic E-state index is 0.0944. The van der Waals surface area contributed by atoms with Gasteiger partial charge in [0.2, 0.25) is 0 Å². The van der Waals surface area contributed by atoms with E-state index in [9.17, 15) is 4.79 Å². The highest BCUT2D eigenvalue weighted by Crippen LogP contribution is 2.32. The zero-order valence-electron chi connectivity index (χ0n) is 14.2. The first-order valence-corrected chi connectivity index (χ1v) is 8.56. The Hall–Kier alpha value is -2.89. The Labute approximate surface area is 146 Å². The second-order valence-corrected chi connectivity index (χ2v) is 6.50. The molecule has 1 amide bonds. The van der Waals surface area contributed by atoms with Gasteiger partial charge >= 0.3 is 0 Å². The summed E-state index contributed by atoms with van der Waals surface area (Å²) in [5.74, 6) is 0.0944. The van der Waals surface area contributed by atoms with Crippen molar-refractivity contribution in [1.82, 2.24) is 24.5 Å². The van der Waals surface area contributed by atoms with Crippen LogP contribution in [0, 0.1) is 0 Å². The standard InChI is InChI=1S/C19H21N5O/c1-22-14-17(12-21-22)18-4-2-11-24(18)19(25)16-7-5-15(6-8-16)13-23-10-3-9-20-23/h3,5-10,12,14,18H,2,4,11,13H2,1H3/t18-/m1/s1. The Morgan fingerprint density at radius 2 is 2.08 bits per heavy atom. The smallest absolute Gasteiger partial charge is 0.254 e. The lowest BCUT2D eigenvalue weighted by Crippen LogP contribution is -2.30. The van der Waals surface area contributed by atoms with Crippen LogP contribution in [0.5, 0.6) is 0 Å². The van der Waals surface area contributed by atoms with E-state index in [1.165, 1.54) is 0 Å². The minimum Gasteiger partial charge on any atom is -0.331 e. The molecule has 1 aliphatic heterocycles. The molecule has 1 aromatic carbocycles. The van der Waals surface area contributed by atoms with E-state index < -0.39 is 0 Å². The van der Waals surface area contributed by atoms with E-state index in [1.807, 2.05) is 65.6 Å². The zero-order chi connectivity index (χ0) is 17.2. The molecule has 25 heavy (non-hydrogen) atoms. The van der Waals surface area contributed by atoms with Crippen molar-refractivity contribution < 1.29 is 4.79 Å². The van der Waals surface area contributed by atoms with Crippen LogP contribution in [0.4, 0.5) is 0 Å². The van der Waals surface area contributed by atoms with Crippen LogP contribution in [-0.2, 0) is 13.6 Å². The Morgan fingerprint density at radius 1 is 1.24 bits per heavy atom. The number of hydrogen-bond donors (Lipinski definition) is 0. The first-order valence-electron chi connectivity index (χ1n) is 8.56. The van der Waals surface area contributed by atoms with Gasteiger partial charge in [-0.15, -0.1) is 0 Å². The molecule has 0 N–H and O–H groups in total. The number of carbonyl (C=O) groups is 1. The van der Waals surface area contributed by atoms with E-state index in [1.54, 1.807) is 10.9 Å². The molecule has 0 saturated carbocycles. The largest absolute Gasteiger partial charge is 0.331 e. The quantitative estimate of drug-likeness (QED) is 0.736. The summed E-state index contributed by atoms with van der Waals surface area (Å²) in [6.45, 7) is 1.51. The fourth-order valence-electron chi connectivity index (χ4n) is 3.47. The molecule has 3 aromatic rings. The number of likely N-dealkylation sites (tertiary alicyclic amines) is 1. The van der Waals surface area contributed by atoms with Gasteiger partial charge in [-0.2, -0.15) is 10.2 Å². The second-order valence-electron chi connectivity index (χ2n) is 6.50. The van der Waals surface area contributed by atoms with E-state index in [0.29, 0.717) is 6.54 Å². The highest BCUT2D eigenvalue weighted by molar-refractivity contribution is 5.94. The number of carbonyl (C=O) groups excluding carboxylic acids is 1. The van der Waals surface area contributed by atoms with Crippen LogP contribution in [0.1, 0.15) is 40.4 Å². The van der Waals surface area contributed by atoms with Gasteiger partial charge in [0.1, 0.15) is 0 Å². The number of hydrogen-bond acceptors (Lipinski definition) is 3. The summed E-state index contributed by atoms with van der Waals surface area (Å²) in [7, 11) is 1.91. The van der Waals surface area contributed by atoms with Gasteiger partial charge < -0.3 is 4.90 Å². The third-order valence-electron chi connectivity index (χ3n) is 4.73. The number of amides is 1. The molecule has 128 valence electrons. The number of benzene rings is 1. The van der Waals surface area contributed by atoms with Crippen molar-refractivity contribution in [3.05, 3.63) is 71.8 Å². The van der Waals surface area contributed by atoms with Crippen LogP contribution < -0.4 is 0 Å². The predicted octanol–water partition coefficient (Wildman–Crippen LogP) is 2.64. The number of aromatic nitrogens is 4. The summed E-state index contributed by atoms with van der Waals surface area (Å²) in [6.07, 6.45) is 9.59. The van der Waals surface area contributed by atoms with Crippen molar-refractivity contribution >= 4 is 5.91 Å². The third-order valence-corrected chi connectivity index (χ3v) is 4.73. The van der Waals surface area contributed by atoms with Gasteiger partial charge in [0.15, 0.2) is 0 Å². The normalized spacial score (nSPS) is 17.2. The van der Waals surface area contributed by atoms with E-state index in [0.717, 1.165) is 36.1 Å². The summed E-state index contributed by atoms with van der Waals surface area (Å²) in [4.78, 5) is 14.9. The lowest BCUT2D eigenvalue weighted by Gasteiger charge is -2.24. The zero-order valence-corrected chi connectivity index (χ0v) is 14.2. The molecule has 0 unspecified atom stereocenters. The van der Waals surface area contributed by atoms with E-state index in [4.69, 9.17) is 0 Å². The topological polar surface area (TPSA) is 56.0 Å². The molecule has 0 spiro atoms. The van der Waals surface area contributed by atoms with Crippen LogP contribution in [0.3, 0.4) is 0 Å². The minimum atomic E-state index is 0.0944. The van der Waals surface area contributed by atoms with Gasteiger partial charge in [-0.3, -0.25) is 14.2 Å². The molecular weight excluding hydrogens is 314 g/mol. The van der Waals surface area contributed by atoms with Crippen molar-refractivity contribution in [3.8, 4) is 0 Å². The molecule has 1 atom stereocenters. The first-order chi connectivity index (χ1) is 12.2. The maximum Gasteiger partial charge on any atom is 0.254 e. The summed E-state index contributed by atoms with van der Waals surface area (Å²) >= 11 is 0. The van der Waals surface area contributed by atoms with Gasteiger partial charge in [-0.1, -0.05) is 12.1 Å². The van der Waals surface area contributed by atoms with Crippen LogP contribution >= 0.6 is 0 Å². The van der Waals surface area contributed by atoms with E-state index >= 15 is 0 Å². The molecule has 2 aromatic heterocycles. The second kappa shape index (κ2) is 6.55. The Kier molecular flexibility index (Phi) is 4.09. The van der Waals surface area contributed by atoms with Crippen molar-refractivity contribution in [2.75, 3.05) is 6.54 Å². The highest BCUT2D eigenvalue weighted by atomic mass is 16.2. The fourth-order valence-corrected chi connectivity index (χ4v) is 3.47. The fraction of sp³-hybridized carbons (Fsp3) is 0.316. The lowest BCUT2D eigenvalue weighted by molar-refractivity contribution is 0.0735. The van der Waals surface area contributed by atoms with Crippen molar-refractivity contribution in [1.29, 1.82) is 0 Å². The lowest BCUT2D eigenvalue weighted by atomic mass is 10.1. The van der Waals surface area contributed by atoms with Gasteiger partial charge in [-0.25, -0.2) is 0 Å². The van der Waals surface area contributed by atoms with Crippen molar-refractivity contribution in [3.63, 3.8) is 0 Å². The van der Waals surface area contributed by atoms with Crippen LogP contribution in [0.25, 0.3) is 0 Å². The molecule has 0 bridgehead atoms. The highest BCUT2D eigenvalue weighted by Gasteiger charge is 2.31. The maximum atomic E-state index is 12.9. The Bertz CT molecular complexity index is 850. The summed E-state index contributed by atoms with van der Waals surface area (Å²) in [5, 5.41) is 8.46. The molecule has 6 heteroatoms. The molecular formula is C19H21N5O. The summed E-state index contributed by atoms with van der Waals surface area (Å²) < 4.78 is 3.66. The first kappa shape index (κ1) is 15.6. The average Bonchev–Trinajstić information content (AvgIpc) is 3.36. The SMILES string of the molecule is Cn1cc([C@H]2CCCN2C(=O)c2ccc(Cn3cccn3)cc2)cn1. The van der Waals surface area contributed by atoms with Crippen LogP contribution in [-0.4, -0.2) is 36.9 Å². The van der Waals surface area contributed by atoms with Crippen LogP contribution in [0.15, 0.2) is 55.1 Å².